The standard InChI is InChI=1S/C18H27FN2/c1-3-16-12-20-18(9-5-4-6-10-18)13-21(16)17-8-7-15(19)11-14(17)2/h7-8,11,16,20H,3-6,9-10,12-13H2,1-2H3. The fourth-order valence-electron chi connectivity index (χ4n) is 4.11. The highest BCUT2D eigenvalue weighted by Gasteiger charge is 2.39. The molecule has 0 aromatic heterocycles. The van der Waals surface area contributed by atoms with Crippen LogP contribution in [0.25, 0.3) is 0 Å². The highest BCUT2D eigenvalue weighted by Crippen LogP contribution is 2.35. The summed E-state index contributed by atoms with van der Waals surface area (Å²) in [6, 6.07) is 5.75. The molecule has 3 heteroatoms. The van der Waals surface area contributed by atoms with Crippen molar-refractivity contribution in [2.45, 2.75) is 64.0 Å². The summed E-state index contributed by atoms with van der Waals surface area (Å²) in [5.74, 6) is -0.133. The van der Waals surface area contributed by atoms with E-state index in [0.29, 0.717) is 6.04 Å². The van der Waals surface area contributed by atoms with Gasteiger partial charge in [0, 0.05) is 30.4 Å². The van der Waals surface area contributed by atoms with Crippen molar-refractivity contribution < 1.29 is 4.39 Å². The van der Waals surface area contributed by atoms with Crippen LogP contribution in [0.5, 0.6) is 0 Å². The Morgan fingerprint density at radius 1 is 1.29 bits per heavy atom. The summed E-state index contributed by atoms with van der Waals surface area (Å²) >= 11 is 0. The van der Waals surface area contributed by atoms with Gasteiger partial charge in [0.05, 0.1) is 0 Å². The van der Waals surface area contributed by atoms with E-state index in [2.05, 4.69) is 17.1 Å². The predicted octanol–water partition coefficient (Wildman–Crippen LogP) is 4.03. The lowest BCUT2D eigenvalue weighted by atomic mass is 9.79. The Kier molecular flexibility index (Phi) is 4.21. The quantitative estimate of drug-likeness (QED) is 0.885. The van der Waals surface area contributed by atoms with Gasteiger partial charge in [-0.15, -0.1) is 0 Å². The summed E-state index contributed by atoms with van der Waals surface area (Å²) in [7, 11) is 0. The summed E-state index contributed by atoms with van der Waals surface area (Å²) in [4.78, 5) is 2.54. The average Bonchev–Trinajstić information content (AvgIpc) is 2.48. The third-order valence-corrected chi connectivity index (χ3v) is 5.38. The Morgan fingerprint density at radius 2 is 2.05 bits per heavy atom. The summed E-state index contributed by atoms with van der Waals surface area (Å²) in [6.07, 6.45) is 7.72. The fourth-order valence-corrected chi connectivity index (χ4v) is 4.11. The van der Waals surface area contributed by atoms with Gasteiger partial charge >= 0.3 is 0 Å². The van der Waals surface area contributed by atoms with Crippen molar-refractivity contribution in [3.05, 3.63) is 29.6 Å². The predicted molar refractivity (Wildman–Crippen MR) is 86.4 cm³/mol. The maximum absolute atomic E-state index is 13.4. The van der Waals surface area contributed by atoms with Crippen molar-refractivity contribution >= 4 is 5.69 Å². The third kappa shape index (κ3) is 2.94. The van der Waals surface area contributed by atoms with Gasteiger partial charge in [-0.3, -0.25) is 0 Å². The van der Waals surface area contributed by atoms with Crippen LogP contribution in [-0.2, 0) is 0 Å². The van der Waals surface area contributed by atoms with Gasteiger partial charge in [0.2, 0.25) is 0 Å². The maximum Gasteiger partial charge on any atom is 0.123 e. The number of nitrogens with zero attached hydrogens (tertiary/aromatic N) is 1. The molecule has 1 atom stereocenters. The number of rotatable bonds is 2. The first kappa shape index (κ1) is 14.8. The molecular formula is C18H27FN2. The lowest BCUT2D eigenvalue weighted by Crippen LogP contribution is -2.65. The van der Waals surface area contributed by atoms with E-state index < -0.39 is 0 Å². The van der Waals surface area contributed by atoms with Crippen LogP contribution in [0.1, 0.15) is 51.0 Å². The number of halogens is 1. The molecule has 21 heavy (non-hydrogen) atoms. The second-order valence-corrected chi connectivity index (χ2v) is 6.84. The Hall–Kier alpha value is -1.09. The molecule has 1 aromatic rings. The van der Waals surface area contributed by atoms with Crippen molar-refractivity contribution in [1.82, 2.24) is 5.32 Å². The molecule has 1 aliphatic carbocycles. The third-order valence-electron chi connectivity index (χ3n) is 5.38. The smallest absolute Gasteiger partial charge is 0.123 e. The van der Waals surface area contributed by atoms with E-state index >= 15 is 0 Å². The highest BCUT2D eigenvalue weighted by molar-refractivity contribution is 5.55. The minimum absolute atomic E-state index is 0.133. The van der Waals surface area contributed by atoms with Gasteiger partial charge in [0.15, 0.2) is 0 Å². The molecule has 2 fully saturated rings. The van der Waals surface area contributed by atoms with E-state index in [0.717, 1.165) is 25.1 Å². The van der Waals surface area contributed by atoms with Crippen LogP contribution in [0.4, 0.5) is 10.1 Å². The van der Waals surface area contributed by atoms with Crippen LogP contribution < -0.4 is 10.2 Å². The van der Waals surface area contributed by atoms with Gasteiger partial charge in [-0.05, 0) is 49.9 Å². The van der Waals surface area contributed by atoms with E-state index in [9.17, 15) is 4.39 Å². The van der Waals surface area contributed by atoms with Crippen LogP contribution in [0, 0.1) is 12.7 Å². The van der Waals surface area contributed by atoms with Gasteiger partial charge < -0.3 is 10.2 Å². The lowest BCUT2D eigenvalue weighted by molar-refractivity contribution is 0.195. The van der Waals surface area contributed by atoms with Crippen LogP contribution in [0.15, 0.2) is 18.2 Å². The number of nitrogens with one attached hydrogen (secondary N) is 1. The van der Waals surface area contributed by atoms with E-state index in [1.807, 2.05) is 13.0 Å². The number of hydrogen-bond donors (Lipinski definition) is 1. The Balaban J connectivity index is 1.88. The van der Waals surface area contributed by atoms with E-state index in [-0.39, 0.29) is 11.4 Å². The second kappa shape index (κ2) is 5.96. The molecule has 1 saturated heterocycles. The maximum atomic E-state index is 13.4. The van der Waals surface area contributed by atoms with Crippen molar-refractivity contribution in [3.8, 4) is 0 Å². The summed E-state index contributed by atoms with van der Waals surface area (Å²) in [5, 5.41) is 3.85. The summed E-state index contributed by atoms with van der Waals surface area (Å²) in [6.45, 7) is 6.39. The van der Waals surface area contributed by atoms with Gasteiger partial charge in [0.1, 0.15) is 5.82 Å². The molecule has 0 bridgehead atoms. The molecular weight excluding hydrogens is 263 g/mol. The summed E-state index contributed by atoms with van der Waals surface area (Å²) < 4.78 is 13.4. The molecule has 0 radical (unpaired) electrons. The van der Waals surface area contributed by atoms with Crippen molar-refractivity contribution in [2.24, 2.45) is 0 Å². The molecule has 3 rings (SSSR count). The molecule has 2 aliphatic rings. The first-order chi connectivity index (χ1) is 10.1. The zero-order valence-electron chi connectivity index (χ0n) is 13.3. The Morgan fingerprint density at radius 3 is 2.71 bits per heavy atom. The van der Waals surface area contributed by atoms with Crippen LogP contribution >= 0.6 is 0 Å². The van der Waals surface area contributed by atoms with E-state index in [1.165, 1.54) is 37.8 Å². The minimum Gasteiger partial charge on any atom is -0.365 e. The molecule has 1 aliphatic heterocycles. The van der Waals surface area contributed by atoms with Crippen molar-refractivity contribution in [3.63, 3.8) is 0 Å². The minimum atomic E-state index is -0.133. The van der Waals surface area contributed by atoms with Gasteiger partial charge in [-0.2, -0.15) is 0 Å². The first-order valence-electron chi connectivity index (χ1n) is 8.41. The number of hydrogen-bond acceptors (Lipinski definition) is 2. The molecule has 1 spiro atoms. The Labute approximate surface area is 127 Å². The summed E-state index contributed by atoms with van der Waals surface area (Å²) in [5.41, 5.74) is 2.56. The molecule has 1 N–H and O–H groups in total. The molecule has 1 heterocycles. The van der Waals surface area contributed by atoms with Gasteiger partial charge in [0.25, 0.3) is 0 Å². The highest BCUT2D eigenvalue weighted by atomic mass is 19.1. The topological polar surface area (TPSA) is 15.3 Å². The lowest BCUT2D eigenvalue weighted by Gasteiger charge is -2.51. The zero-order valence-corrected chi connectivity index (χ0v) is 13.3. The monoisotopic (exact) mass is 290 g/mol. The van der Waals surface area contributed by atoms with Crippen LogP contribution in [0.2, 0.25) is 0 Å². The molecule has 2 nitrogen and oxygen atoms in total. The molecule has 116 valence electrons. The molecule has 1 saturated carbocycles. The molecule has 1 aromatic carbocycles. The number of benzene rings is 1. The average molecular weight is 290 g/mol. The van der Waals surface area contributed by atoms with Gasteiger partial charge in [-0.25, -0.2) is 4.39 Å². The number of piperazine rings is 1. The van der Waals surface area contributed by atoms with Crippen molar-refractivity contribution in [1.29, 1.82) is 0 Å². The normalized spacial score (nSPS) is 25.3. The van der Waals surface area contributed by atoms with E-state index in [4.69, 9.17) is 0 Å². The Bertz CT molecular complexity index is 494. The molecule has 0 amide bonds. The largest absolute Gasteiger partial charge is 0.365 e. The van der Waals surface area contributed by atoms with Gasteiger partial charge in [-0.1, -0.05) is 26.2 Å². The first-order valence-corrected chi connectivity index (χ1v) is 8.41. The number of aryl methyl sites for hydroxylation is 1. The fraction of sp³-hybridized carbons (Fsp3) is 0.667. The SMILES string of the molecule is CCC1CNC2(CCCCC2)CN1c1ccc(F)cc1C. The zero-order chi connectivity index (χ0) is 14.9. The van der Waals surface area contributed by atoms with Crippen LogP contribution in [-0.4, -0.2) is 24.7 Å². The second-order valence-electron chi connectivity index (χ2n) is 6.84. The molecule has 1 unspecified atom stereocenters. The van der Waals surface area contributed by atoms with E-state index in [1.54, 1.807) is 12.1 Å². The van der Waals surface area contributed by atoms with Crippen LogP contribution in [0.3, 0.4) is 0 Å². The number of anilines is 1. The van der Waals surface area contributed by atoms with Crippen molar-refractivity contribution in [2.75, 3.05) is 18.0 Å².